The van der Waals surface area contributed by atoms with Crippen LogP contribution in [0.4, 0.5) is 17.1 Å². The molecule has 1 heteroatoms. The molecular weight excluding hydrogens is 747 g/mol. The molecule has 0 spiro atoms. The first-order valence-electron chi connectivity index (χ1n) is 21.5. The first-order valence-corrected chi connectivity index (χ1v) is 21.5. The summed E-state index contributed by atoms with van der Waals surface area (Å²) in [5.41, 5.74) is 15.2. The number of hydrogen-bond acceptors (Lipinski definition) is 1. The molecule has 62 heavy (non-hydrogen) atoms. The quantitative estimate of drug-likeness (QED) is 0.145. The molecule has 0 bridgehead atoms. The highest BCUT2D eigenvalue weighted by molar-refractivity contribution is 6.08. The van der Waals surface area contributed by atoms with Crippen molar-refractivity contribution in [1.82, 2.24) is 0 Å². The number of fused-ring (bicyclic) bond motifs is 7. The third-order valence-electron chi connectivity index (χ3n) is 13.1. The van der Waals surface area contributed by atoms with Crippen molar-refractivity contribution in [3.63, 3.8) is 0 Å². The van der Waals surface area contributed by atoms with Gasteiger partial charge in [0.25, 0.3) is 0 Å². The third kappa shape index (κ3) is 5.78. The van der Waals surface area contributed by atoms with Gasteiger partial charge in [0.15, 0.2) is 0 Å². The van der Waals surface area contributed by atoms with Crippen molar-refractivity contribution in [3.05, 3.63) is 271 Å². The summed E-state index contributed by atoms with van der Waals surface area (Å²) in [7, 11) is 0. The molecule has 11 aromatic rings. The Kier molecular flexibility index (Phi) is 8.47. The summed E-state index contributed by atoms with van der Waals surface area (Å²) in [6.07, 6.45) is 0. The highest BCUT2D eigenvalue weighted by Crippen LogP contribution is 2.57. The van der Waals surface area contributed by atoms with Crippen molar-refractivity contribution in [3.8, 4) is 33.4 Å². The Bertz CT molecular complexity index is 3420. The molecule has 0 saturated carbocycles. The van der Waals surface area contributed by atoms with E-state index in [1.807, 2.05) is 0 Å². The number of nitrogens with zero attached hydrogens (tertiary/aromatic N) is 1. The van der Waals surface area contributed by atoms with Crippen molar-refractivity contribution < 1.29 is 0 Å². The molecule has 1 nitrogen and oxygen atoms in total. The predicted octanol–water partition coefficient (Wildman–Crippen LogP) is 16.3. The molecule has 290 valence electrons. The van der Waals surface area contributed by atoms with Gasteiger partial charge in [-0.05, 0) is 136 Å². The van der Waals surface area contributed by atoms with E-state index in [2.05, 4.69) is 254 Å². The molecule has 1 aliphatic rings. The molecule has 0 aliphatic heterocycles. The summed E-state index contributed by atoms with van der Waals surface area (Å²) < 4.78 is 0. The molecule has 12 rings (SSSR count). The zero-order valence-corrected chi connectivity index (χ0v) is 34.1. The van der Waals surface area contributed by atoms with Crippen LogP contribution in [0.2, 0.25) is 0 Å². The van der Waals surface area contributed by atoms with Crippen LogP contribution in [0.25, 0.3) is 65.7 Å². The van der Waals surface area contributed by atoms with E-state index < -0.39 is 5.41 Å². The van der Waals surface area contributed by atoms with Crippen LogP contribution in [0, 0.1) is 0 Å². The van der Waals surface area contributed by atoms with E-state index in [1.54, 1.807) is 0 Å². The predicted molar refractivity (Wildman–Crippen MR) is 262 cm³/mol. The van der Waals surface area contributed by atoms with Crippen LogP contribution >= 0.6 is 0 Å². The number of benzene rings is 11. The van der Waals surface area contributed by atoms with Crippen molar-refractivity contribution >= 4 is 49.4 Å². The van der Waals surface area contributed by atoms with E-state index in [4.69, 9.17) is 0 Å². The van der Waals surface area contributed by atoms with Crippen molar-refractivity contribution in [2.24, 2.45) is 0 Å². The minimum Gasteiger partial charge on any atom is -0.310 e. The van der Waals surface area contributed by atoms with Gasteiger partial charge in [0.2, 0.25) is 0 Å². The maximum atomic E-state index is 2.46. The Morgan fingerprint density at radius 2 is 0.790 bits per heavy atom. The fourth-order valence-corrected chi connectivity index (χ4v) is 10.2. The molecule has 11 aromatic carbocycles. The Morgan fingerprint density at radius 1 is 0.258 bits per heavy atom. The van der Waals surface area contributed by atoms with E-state index in [0.717, 1.165) is 17.1 Å². The van der Waals surface area contributed by atoms with Gasteiger partial charge in [-0.1, -0.05) is 200 Å². The van der Waals surface area contributed by atoms with Crippen molar-refractivity contribution in [2.45, 2.75) is 5.41 Å². The van der Waals surface area contributed by atoms with Crippen LogP contribution in [0.3, 0.4) is 0 Å². The minimum absolute atomic E-state index is 0.506. The summed E-state index contributed by atoms with van der Waals surface area (Å²) in [5.74, 6) is 0. The number of rotatable bonds is 7. The molecule has 0 heterocycles. The lowest BCUT2D eigenvalue weighted by Gasteiger charge is -2.35. The molecule has 0 saturated heterocycles. The van der Waals surface area contributed by atoms with Crippen molar-refractivity contribution in [1.29, 1.82) is 0 Å². The summed E-state index contributed by atoms with van der Waals surface area (Å²) in [4.78, 5) is 2.44. The maximum Gasteiger partial charge on any atom is 0.0714 e. The topological polar surface area (TPSA) is 3.24 Å². The number of hydrogen-bond donors (Lipinski definition) is 0. The van der Waals surface area contributed by atoms with Crippen LogP contribution in [-0.2, 0) is 5.41 Å². The van der Waals surface area contributed by atoms with E-state index in [1.165, 1.54) is 88.0 Å². The fraction of sp³-hybridized carbons (Fsp3) is 0.0164. The van der Waals surface area contributed by atoms with E-state index in [-0.39, 0.29) is 0 Å². The van der Waals surface area contributed by atoms with Gasteiger partial charge in [-0.15, -0.1) is 0 Å². The average molecular weight is 788 g/mol. The Hall–Kier alpha value is -8.00. The second-order valence-corrected chi connectivity index (χ2v) is 16.5. The van der Waals surface area contributed by atoms with Gasteiger partial charge in [0.05, 0.1) is 5.41 Å². The molecule has 0 unspecified atom stereocenters. The van der Waals surface area contributed by atoms with Crippen LogP contribution in [0.5, 0.6) is 0 Å². The molecule has 1 aliphatic carbocycles. The number of anilines is 3. The summed E-state index contributed by atoms with van der Waals surface area (Å²) in [5, 5.41) is 7.56. The highest BCUT2D eigenvalue weighted by atomic mass is 15.1. The molecule has 0 atom stereocenters. The van der Waals surface area contributed by atoms with Crippen molar-refractivity contribution in [2.75, 3.05) is 4.90 Å². The Labute approximate surface area is 362 Å². The smallest absolute Gasteiger partial charge is 0.0714 e. The van der Waals surface area contributed by atoms with E-state index in [0.29, 0.717) is 0 Å². The molecular formula is C61H41N. The fourth-order valence-electron chi connectivity index (χ4n) is 10.2. The average Bonchev–Trinajstić information content (AvgIpc) is 3.65. The zero-order chi connectivity index (χ0) is 41.0. The second kappa shape index (κ2) is 14.6. The maximum absolute atomic E-state index is 2.46. The molecule has 0 aromatic heterocycles. The first-order chi connectivity index (χ1) is 30.7. The zero-order valence-electron chi connectivity index (χ0n) is 34.1. The van der Waals surface area contributed by atoms with Gasteiger partial charge >= 0.3 is 0 Å². The summed E-state index contributed by atoms with van der Waals surface area (Å²) in [6.45, 7) is 0. The molecule has 0 fully saturated rings. The summed E-state index contributed by atoms with van der Waals surface area (Å²) >= 11 is 0. The van der Waals surface area contributed by atoms with Crippen LogP contribution in [0.1, 0.15) is 22.3 Å². The summed E-state index contributed by atoms with van der Waals surface area (Å²) in [6, 6.07) is 91.7. The molecule has 0 N–H and O–H groups in total. The minimum atomic E-state index is -0.506. The van der Waals surface area contributed by atoms with Gasteiger partial charge in [-0.25, -0.2) is 0 Å². The van der Waals surface area contributed by atoms with E-state index in [9.17, 15) is 0 Å². The first kappa shape index (κ1) is 35.9. The lowest BCUT2D eigenvalue weighted by molar-refractivity contribution is 0.768. The molecule has 0 radical (unpaired) electrons. The third-order valence-corrected chi connectivity index (χ3v) is 13.1. The largest absolute Gasteiger partial charge is 0.310 e. The Morgan fingerprint density at radius 3 is 1.60 bits per heavy atom. The Balaban J connectivity index is 1.04. The van der Waals surface area contributed by atoms with Gasteiger partial charge < -0.3 is 4.90 Å². The molecule has 0 amide bonds. The van der Waals surface area contributed by atoms with Crippen LogP contribution in [0.15, 0.2) is 249 Å². The monoisotopic (exact) mass is 787 g/mol. The highest BCUT2D eigenvalue weighted by Gasteiger charge is 2.46. The van der Waals surface area contributed by atoms with Gasteiger partial charge in [0.1, 0.15) is 0 Å². The van der Waals surface area contributed by atoms with Gasteiger partial charge in [-0.2, -0.15) is 0 Å². The lowest BCUT2D eigenvalue weighted by atomic mass is 9.67. The SMILES string of the molecule is c1ccc(C2(c3ccccc3)c3ccccc3-c3ccc(N(c4ccc(-c5ccc6c(ccc7ccccc76)c5)cc4)c4cccc(-c5ccc6ccccc6c5)c4)cc32)cc1. The lowest BCUT2D eigenvalue weighted by Crippen LogP contribution is -2.28. The van der Waals surface area contributed by atoms with E-state index >= 15 is 0 Å². The van der Waals surface area contributed by atoms with Crippen LogP contribution < -0.4 is 4.90 Å². The van der Waals surface area contributed by atoms with Gasteiger partial charge in [-0.3, -0.25) is 0 Å². The standard InChI is InChI=1S/C61H41N/c1-3-18-50(19-4-1)61(51-20-5-2-6-21-51)59-25-12-11-24-57(59)58-37-35-54(41-60(58)61)62(53-22-13-17-46(40-53)48-28-26-42-14-7-8-16-45(42)38-48)52-33-30-43(31-34-52)47-32-36-56-49(39-47)29-27-44-15-9-10-23-55(44)56/h1-41H. The second-order valence-electron chi connectivity index (χ2n) is 16.5. The van der Waals surface area contributed by atoms with Gasteiger partial charge in [0, 0.05) is 17.1 Å². The van der Waals surface area contributed by atoms with Crippen LogP contribution in [-0.4, -0.2) is 0 Å². The normalized spacial score (nSPS) is 12.6.